The van der Waals surface area contributed by atoms with Crippen LogP contribution < -0.4 is 0 Å². The molecule has 1 amide bonds. The van der Waals surface area contributed by atoms with E-state index in [-0.39, 0.29) is 18.1 Å². The number of fused-ring (bicyclic) bond motifs is 3. The Balaban J connectivity index is 1.31. The van der Waals surface area contributed by atoms with Crippen molar-refractivity contribution in [2.45, 2.75) is 31.7 Å². The molecule has 0 spiro atoms. The standard InChI is InChI=1S/C19H20N6O2/c26-19(15-8-21-24(11-15)10-14-4-2-1-3-5-14)23-7-6-18-17(12-23)25-16(13-27-18)9-20-22-25/h1-5,8-9,11,17-18H,6-7,10,12-13H2/t17-,18-/m1/s1. The minimum atomic E-state index is 0.000000420. The van der Waals surface area contributed by atoms with Gasteiger partial charge in [-0.1, -0.05) is 35.5 Å². The van der Waals surface area contributed by atoms with Crippen molar-refractivity contribution in [3.63, 3.8) is 0 Å². The molecule has 138 valence electrons. The highest BCUT2D eigenvalue weighted by molar-refractivity contribution is 5.93. The van der Waals surface area contributed by atoms with E-state index in [1.54, 1.807) is 17.1 Å². The van der Waals surface area contributed by atoms with Crippen molar-refractivity contribution in [1.82, 2.24) is 29.7 Å². The minimum Gasteiger partial charge on any atom is -0.370 e. The molecule has 8 heteroatoms. The van der Waals surface area contributed by atoms with Crippen molar-refractivity contribution in [1.29, 1.82) is 0 Å². The van der Waals surface area contributed by atoms with Gasteiger partial charge >= 0.3 is 0 Å². The maximum atomic E-state index is 13.0. The number of carbonyl (C=O) groups is 1. The van der Waals surface area contributed by atoms with Crippen LogP contribution in [0.3, 0.4) is 0 Å². The molecule has 0 saturated carbocycles. The van der Waals surface area contributed by atoms with Gasteiger partial charge in [-0.3, -0.25) is 9.48 Å². The molecule has 1 saturated heterocycles. The van der Waals surface area contributed by atoms with Crippen LogP contribution in [0, 0.1) is 0 Å². The Kier molecular flexibility index (Phi) is 3.97. The van der Waals surface area contributed by atoms with Gasteiger partial charge in [-0.2, -0.15) is 5.10 Å². The molecule has 27 heavy (non-hydrogen) atoms. The number of nitrogens with zero attached hydrogens (tertiary/aromatic N) is 6. The summed E-state index contributed by atoms with van der Waals surface area (Å²) < 4.78 is 9.63. The Labute approximate surface area is 156 Å². The zero-order chi connectivity index (χ0) is 18.2. The summed E-state index contributed by atoms with van der Waals surface area (Å²) >= 11 is 0. The molecule has 8 nitrogen and oxygen atoms in total. The van der Waals surface area contributed by atoms with Gasteiger partial charge in [0.1, 0.15) is 0 Å². The van der Waals surface area contributed by atoms with Crippen LogP contribution in [0.15, 0.2) is 48.9 Å². The lowest BCUT2D eigenvalue weighted by Gasteiger charge is -2.40. The Morgan fingerprint density at radius 2 is 2.11 bits per heavy atom. The van der Waals surface area contributed by atoms with Gasteiger partial charge in [0.2, 0.25) is 0 Å². The molecule has 0 unspecified atom stereocenters. The van der Waals surface area contributed by atoms with Crippen molar-refractivity contribution >= 4 is 5.91 Å². The smallest absolute Gasteiger partial charge is 0.257 e. The summed E-state index contributed by atoms with van der Waals surface area (Å²) in [7, 11) is 0. The molecule has 3 aromatic rings. The Morgan fingerprint density at radius 3 is 3.00 bits per heavy atom. The molecular weight excluding hydrogens is 344 g/mol. The van der Waals surface area contributed by atoms with Crippen molar-refractivity contribution in [3.8, 4) is 0 Å². The van der Waals surface area contributed by atoms with Crippen LogP contribution in [0.4, 0.5) is 0 Å². The van der Waals surface area contributed by atoms with Crippen LogP contribution in [0.25, 0.3) is 0 Å². The molecule has 0 radical (unpaired) electrons. The van der Waals surface area contributed by atoms with Crippen molar-refractivity contribution in [2.75, 3.05) is 13.1 Å². The maximum Gasteiger partial charge on any atom is 0.257 e. The molecule has 2 aliphatic heterocycles. The summed E-state index contributed by atoms with van der Waals surface area (Å²) in [6, 6.07) is 10.1. The molecule has 4 heterocycles. The molecule has 1 aromatic carbocycles. The largest absolute Gasteiger partial charge is 0.370 e. The second-order valence-corrected chi connectivity index (χ2v) is 7.04. The van der Waals surface area contributed by atoms with Crippen LogP contribution in [0.2, 0.25) is 0 Å². The van der Waals surface area contributed by atoms with E-state index in [1.165, 1.54) is 0 Å². The monoisotopic (exact) mass is 364 g/mol. The lowest BCUT2D eigenvalue weighted by atomic mass is 10.00. The number of hydrogen-bond acceptors (Lipinski definition) is 5. The van der Waals surface area contributed by atoms with E-state index in [0.29, 0.717) is 31.8 Å². The second kappa shape index (κ2) is 6.62. The summed E-state index contributed by atoms with van der Waals surface area (Å²) in [6.45, 7) is 2.43. The Morgan fingerprint density at radius 1 is 1.22 bits per heavy atom. The first-order chi connectivity index (χ1) is 13.3. The van der Waals surface area contributed by atoms with Crippen LogP contribution in [-0.4, -0.2) is 54.8 Å². The molecule has 2 aliphatic rings. The van der Waals surface area contributed by atoms with Gasteiger partial charge in [-0.05, 0) is 12.0 Å². The number of rotatable bonds is 3. The predicted molar refractivity (Wildman–Crippen MR) is 95.9 cm³/mol. The topological polar surface area (TPSA) is 78.1 Å². The van der Waals surface area contributed by atoms with Crippen molar-refractivity contribution in [3.05, 3.63) is 65.7 Å². The number of benzene rings is 1. The van der Waals surface area contributed by atoms with E-state index < -0.39 is 0 Å². The molecule has 0 N–H and O–H groups in total. The van der Waals surface area contributed by atoms with E-state index in [4.69, 9.17) is 4.74 Å². The summed E-state index contributed by atoms with van der Waals surface area (Å²) in [6.07, 6.45) is 6.08. The third-order valence-electron chi connectivity index (χ3n) is 5.28. The van der Waals surface area contributed by atoms with Gasteiger partial charge in [-0.25, -0.2) is 4.68 Å². The van der Waals surface area contributed by atoms with Gasteiger partial charge in [0.25, 0.3) is 5.91 Å². The number of carbonyl (C=O) groups excluding carboxylic acids is 1. The lowest BCUT2D eigenvalue weighted by Crippen LogP contribution is -2.49. The first kappa shape index (κ1) is 16.2. The van der Waals surface area contributed by atoms with Gasteiger partial charge in [0.05, 0.1) is 48.9 Å². The van der Waals surface area contributed by atoms with E-state index in [0.717, 1.165) is 17.7 Å². The first-order valence-electron chi connectivity index (χ1n) is 9.14. The predicted octanol–water partition coefficient (Wildman–Crippen LogP) is 1.51. The number of piperidine rings is 1. The molecule has 2 aromatic heterocycles. The van der Waals surface area contributed by atoms with Gasteiger partial charge in [0, 0.05) is 19.3 Å². The van der Waals surface area contributed by atoms with Crippen LogP contribution >= 0.6 is 0 Å². The van der Waals surface area contributed by atoms with E-state index in [1.807, 2.05) is 46.1 Å². The van der Waals surface area contributed by atoms with Crippen molar-refractivity contribution < 1.29 is 9.53 Å². The third kappa shape index (κ3) is 3.02. The van der Waals surface area contributed by atoms with Gasteiger partial charge < -0.3 is 9.64 Å². The number of ether oxygens (including phenoxy) is 1. The van der Waals surface area contributed by atoms with E-state index >= 15 is 0 Å². The highest BCUT2D eigenvalue weighted by atomic mass is 16.5. The highest BCUT2D eigenvalue weighted by Crippen LogP contribution is 2.30. The van der Waals surface area contributed by atoms with Gasteiger partial charge in [0.15, 0.2) is 0 Å². The minimum absolute atomic E-state index is 0.000000420. The lowest BCUT2D eigenvalue weighted by molar-refractivity contribution is -0.0605. The molecule has 2 atom stereocenters. The molecule has 0 aliphatic carbocycles. The van der Waals surface area contributed by atoms with Crippen LogP contribution in [0.5, 0.6) is 0 Å². The molecule has 0 bridgehead atoms. The van der Waals surface area contributed by atoms with Crippen LogP contribution in [-0.2, 0) is 17.9 Å². The summed E-state index contributed by atoms with van der Waals surface area (Å²) in [4.78, 5) is 14.8. The number of aromatic nitrogens is 5. The molecule has 5 rings (SSSR count). The second-order valence-electron chi connectivity index (χ2n) is 7.04. The normalized spacial score (nSPS) is 21.6. The number of hydrogen-bond donors (Lipinski definition) is 0. The molecule has 1 fully saturated rings. The number of likely N-dealkylation sites (tertiary alicyclic amines) is 1. The van der Waals surface area contributed by atoms with Crippen molar-refractivity contribution in [2.24, 2.45) is 0 Å². The van der Waals surface area contributed by atoms with E-state index in [9.17, 15) is 4.79 Å². The zero-order valence-corrected chi connectivity index (χ0v) is 14.8. The fourth-order valence-electron chi connectivity index (χ4n) is 3.88. The fraction of sp³-hybridized carbons (Fsp3) is 0.368. The number of amides is 1. The fourth-order valence-corrected chi connectivity index (χ4v) is 3.88. The quantitative estimate of drug-likeness (QED) is 0.704. The first-order valence-corrected chi connectivity index (χ1v) is 9.14. The summed E-state index contributed by atoms with van der Waals surface area (Å²) in [5.74, 6) is 0.000000420. The average molecular weight is 364 g/mol. The third-order valence-corrected chi connectivity index (χ3v) is 5.28. The average Bonchev–Trinajstić information content (AvgIpc) is 3.37. The molecular formula is C19H20N6O2. The Hall–Kier alpha value is -3.00. The summed E-state index contributed by atoms with van der Waals surface area (Å²) in [5.41, 5.74) is 2.72. The highest BCUT2D eigenvalue weighted by Gasteiger charge is 2.38. The van der Waals surface area contributed by atoms with Gasteiger partial charge in [-0.15, -0.1) is 5.10 Å². The maximum absolute atomic E-state index is 13.0. The summed E-state index contributed by atoms with van der Waals surface area (Å²) in [5, 5.41) is 12.5. The van der Waals surface area contributed by atoms with Crippen LogP contribution in [0.1, 0.15) is 34.1 Å². The zero-order valence-electron chi connectivity index (χ0n) is 14.8. The van der Waals surface area contributed by atoms with E-state index in [2.05, 4.69) is 15.4 Å². The Bertz CT molecular complexity index is 950. The SMILES string of the molecule is O=C(c1cnn(Cc2ccccc2)c1)N1CC[C@H]2OCc3cnnn3[C@@H]2C1.